The van der Waals surface area contributed by atoms with Crippen molar-refractivity contribution in [2.45, 2.75) is 51.1 Å². The van der Waals surface area contributed by atoms with Crippen molar-refractivity contribution in [1.29, 1.82) is 0 Å². The van der Waals surface area contributed by atoms with E-state index in [4.69, 9.17) is 5.73 Å². The number of nitrogens with zero attached hydrogens (tertiary/aromatic N) is 5. The predicted molar refractivity (Wildman–Crippen MR) is 99.5 cm³/mol. The van der Waals surface area contributed by atoms with Crippen molar-refractivity contribution in [3.63, 3.8) is 0 Å². The van der Waals surface area contributed by atoms with Crippen molar-refractivity contribution in [2.24, 2.45) is 0 Å². The highest BCUT2D eigenvalue weighted by molar-refractivity contribution is 5.91. The molecule has 2 aliphatic rings. The van der Waals surface area contributed by atoms with Gasteiger partial charge in [0.05, 0.1) is 0 Å². The molecular weight excluding hydrogens is 348 g/mol. The second-order valence-corrected chi connectivity index (χ2v) is 7.13. The summed E-state index contributed by atoms with van der Waals surface area (Å²) in [6.45, 7) is 2.19. The molecule has 1 amide bonds. The smallest absolute Gasteiger partial charge is 0.289 e. The van der Waals surface area contributed by atoms with E-state index in [0.29, 0.717) is 24.7 Å². The van der Waals surface area contributed by atoms with Crippen molar-refractivity contribution in [3.8, 4) is 0 Å². The molecule has 144 valence electrons. The number of carbonyl (C=O) groups excluding carboxylic acids is 1. The minimum absolute atomic E-state index is 0.0619. The molecule has 0 bridgehead atoms. The van der Waals surface area contributed by atoms with E-state index >= 15 is 0 Å². The molecule has 0 radical (unpaired) electrons. The summed E-state index contributed by atoms with van der Waals surface area (Å²) in [5.41, 5.74) is 5.35. The zero-order valence-electron chi connectivity index (χ0n) is 15.1. The highest BCUT2D eigenvalue weighted by Gasteiger charge is 2.25. The Labute approximate surface area is 156 Å². The minimum atomic E-state index is -0.263. The van der Waals surface area contributed by atoms with E-state index in [9.17, 15) is 9.59 Å². The van der Waals surface area contributed by atoms with E-state index in [1.165, 1.54) is 6.07 Å². The number of fused-ring (bicyclic) bond motifs is 1. The van der Waals surface area contributed by atoms with Gasteiger partial charge in [-0.25, -0.2) is 0 Å². The summed E-state index contributed by atoms with van der Waals surface area (Å²) in [5.74, 6) is 1.85. The maximum atomic E-state index is 12.7. The highest BCUT2D eigenvalue weighted by Crippen LogP contribution is 2.18. The third kappa shape index (κ3) is 3.79. The molecule has 2 aromatic heterocycles. The zero-order valence-corrected chi connectivity index (χ0v) is 15.1. The largest absolute Gasteiger partial charge is 0.369 e. The van der Waals surface area contributed by atoms with E-state index < -0.39 is 0 Å². The molecule has 27 heavy (non-hydrogen) atoms. The molecule has 0 aliphatic carbocycles. The minimum Gasteiger partial charge on any atom is -0.369 e. The van der Waals surface area contributed by atoms with E-state index in [1.54, 1.807) is 0 Å². The summed E-state index contributed by atoms with van der Waals surface area (Å²) >= 11 is 0. The molecule has 2 aromatic rings. The van der Waals surface area contributed by atoms with Crippen molar-refractivity contribution in [1.82, 2.24) is 30.0 Å². The number of nitrogen functional groups attached to an aromatic ring is 1. The van der Waals surface area contributed by atoms with Gasteiger partial charge in [0.25, 0.3) is 11.5 Å². The Bertz CT molecular complexity index is 881. The van der Waals surface area contributed by atoms with Gasteiger partial charge in [0.15, 0.2) is 0 Å². The van der Waals surface area contributed by atoms with Crippen LogP contribution in [-0.4, -0.2) is 49.8 Å². The first-order valence-electron chi connectivity index (χ1n) is 9.45. The Hall–Kier alpha value is -2.91. The van der Waals surface area contributed by atoms with Crippen LogP contribution >= 0.6 is 0 Å². The second kappa shape index (κ2) is 7.37. The molecule has 1 saturated heterocycles. The van der Waals surface area contributed by atoms with Crippen LogP contribution in [0.4, 0.5) is 11.8 Å². The molecule has 10 heteroatoms. The summed E-state index contributed by atoms with van der Waals surface area (Å²) in [6.07, 6.45) is 5.71. The third-order valence-corrected chi connectivity index (χ3v) is 5.21. The topological polar surface area (TPSA) is 135 Å². The van der Waals surface area contributed by atoms with Crippen LogP contribution in [-0.2, 0) is 13.0 Å². The van der Waals surface area contributed by atoms with Gasteiger partial charge in [-0.1, -0.05) is 6.42 Å². The lowest BCUT2D eigenvalue weighted by Gasteiger charge is -2.33. The summed E-state index contributed by atoms with van der Waals surface area (Å²) < 4.78 is 1.96. The number of aromatic amines is 1. The monoisotopic (exact) mass is 372 g/mol. The van der Waals surface area contributed by atoms with Crippen LogP contribution in [0.2, 0.25) is 0 Å². The van der Waals surface area contributed by atoms with Crippen molar-refractivity contribution >= 4 is 17.7 Å². The van der Waals surface area contributed by atoms with Crippen LogP contribution in [0.5, 0.6) is 0 Å². The average Bonchev–Trinajstić information content (AvgIpc) is 2.90. The lowest BCUT2D eigenvalue weighted by atomic mass is 10.0. The van der Waals surface area contributed by atoms with Crippen molar-refractivity contribution < 1.29 is 4.79 Å². The first-order valence-corrected chi connectivity index (χ1v) is 9.45. The molecule has 0 saturated carbocycles. The predicted octanol–water partition coefficient (Wildman–Crippen LogP) is 0.0688. The number of carbonyl (C=O) groups is 1. The van der Waals surface area contributed by atoms with Crippen LogP contribution in [0.3, 0.4) is 0 Å². The van der Waals surface area contributed by atoms with Crippen molar-refractivity contribution in [3.05, 3.63) is 28.1 Å². The summed E-state index contributed by atoms with van der Waals surface area (Å²) in [5, 5.41) is 11.4. The molecule has 4 N–H and O–H groups in total. The van der Waals surface area contributed by atoms with Gasteiger partial charge in [-0.15, -0.1) is 10.2 Å². The molecule has 0 atom stereocenters. The molecule has 2 aliphatic heterocycles. The van der Waals surface area contributed by atoms with Crippen LogP contribution in [0, 0.1) is 0 Å². The summed E-state index contributed by atoms with van der Waals surface area (Å²) in [7, 11) is 0. The number of hydrogen-bond acceptors (Lipinski definition) is 7. The quantitative estimate of drug-likeness (QED) is 0.694. The number of H-pyrrole nitrogens is 1. The fourth-order valence-corrected chi connectivity index (χ4v) is 3.78. The first kappa shape index (κ1) is 17.5. The number of nitrogens with two attached hydrogens (primary N) is 1. The van der Waals surface area contributed by atoms with Crippen LogP contribution < -0.4 is 21.5 Å². The van der Waals surface area contributed by atoms with Gasteiger partial charge in [0.1, 0.15) is 11.6 Å². The third-order valence-electron chi connectivity index (χ3n) is 5.21. The van der Waals surface area contributed by atoms with E-state index in [2.05, 4.69) is 25.5 Å². The molecular formula is C17H24N8O2. The molecule has 1 fully saturated rings. The Balaban J connectivity index is 1.37. The van der Waals surface area contributed by atoms with Crippen LogP contribution in [0.15, 0.2) is 10.9 Å². The number of aromatic nitrogens is 5. The number of nitrogens with one attached hydrogen (secondary N) is 2. The highest BCUT2D eigenvalue weighted by atomic mass is 16.2. The molecule has 10 nitrogen and oxygen atoms in total. The summed E-state index contributed by atoms with van der Waals surface area (Å²) in [6, 6.07) is 1.51. The van der Waals surface area contributed by atoms with E-state index in [-0.39, 0.29) is 23.5 Å². The molecule has 4 heterocycles. The van der Waals surface area contributed by atoms with E-state index in [0.717, 1.165) is 50.9 Å². The Kier molecular flexibility index (Phi) is 4.78. The number of hydrogen-bond donors (Lipinski definition) is 3. The number of piperidine rings is 1. The fourth-order valence-electron chi connectivity index (χ4n) is 3.78. The second-order valence-electron chi connectivity index (χ2n) is 7.13. The van der Waals surface area contributed by atoms with Crippen LogP contribution in [0.1, 0.15) is 48.5 Å². The van der Waals surface area contributed by atoms with Gasteiger partial charge in [-0.2, -0.15) is 4.98 Å². The average molecular weight is 372 g/mol. The van der Waals surface area contributed by atoms with Gasteiger partial charge in [-0.3, -0.25) is 14.6 Å². The first-order chi connectivity index (χ1) is 13.1. The number of aryl methyl sites for hydroxylation is 1. The normalized spacial score (nSPS) is 18.0. The van der Waals surface area contributed by atoms with E-state index in [1.807, 2.05) is 9.47 Å². The lowest BCUT2D eigenvalue weighted by molar-refractivity contribution is 0.0915. The SMILES string of the molecule is Nc1nc(N2CCC(NC(=O)c3nnc4n3CCCCC4)CC2)cc(=O)[nH]1. The Morgan fingerprint density at radius 3 is 2.78 bits per heavy atom. The molecule has 0 unspecified atom stereocenters. The number of anilines is 2. The van der Waals surface area contributed by atoms with Gasteiger partial charge in [0.2, 0.25) is 11.8 Å². The Morgan fingerprint density at radius 1 is 1.19 bits per heavy atom. The van der Waals surface area contributed by atoms with Gasteiger partial charge < -0.3 is 20.5 Å². The fraction of sp³-hybridized carbons (Fsp3) is 0.588. The van der Waals surface area contributed by atoms with Gasteiger partial charge in [-0.05, 0) is 25.7 Å². The molecule has 4 rings (SSSR count). The number of rotatable bonds is 3. The standard InChI is InChI=1S/C17H24N8O2/c18-17-20-13(10-14(26)21-17)24-8-5-11(6-9-24)19-16(27)15-23-22-12-4-2-1-3-7-25(12)15/h10-11H,1-9H2,(H,19,27)(H3,18,20,21,26). The van der Waals surface area contributed by atoms with Crippen LogP contribution in [0.25, 0.3) is 0 Å². The van der Waals surface area contributed by atoms with Crippen molar-refractivity contribution in [2.75, 3.05) is 23.7 Å². The van der Waals surface area contributed by atoms with Gasteiger partial charge >= 0.3 is 0 Å². The molecule has 0 aromatic carbocycles. The lowest BCUT2D eigenvalue weighted by Crippen LogP contribution is -2.45. The van der Waals surface area contributed by atoms with Gasteiger partial charge in [0, 0.05) is 38.2 Å². The Morgan fingerprint density at radius 2 is 2.00 bits per heavy atom. The maximum absolute atomic E-state index is 12.7. The maximum Gasteiger partial charge on any atom is 0.289 e. The summed E-state index contributed by atoms with van der Waals surface area (Å²) in [4.78, 5) is 32.9. The zero-order chi connectivity index (χ0) is 18.8. The number of amides is 1. The molecule has 0 spiro atoms.